The van der Waals surface area contributed by atoms with Gasteiger partial charge in [0.25, 0.3) is 0 Å². The summed E-state index contributed by atoms with van der Waals surface area (Å²) in [5.74, 6) is 0.0207. The molecule has 2 aromatic heterocycles. The van der Waals surface area contributed by atoms with Gasteiger partial charge < -0.3 is 15.2 Å². The number of halogens is 1. The highest BCUT2D eigenvalue weighted by Crippen LogP contribution is 2.23. The van der Waals surface area contributed by atoms with Crippen molar-refractivity contribution < 1.29 is 19.0 Å². The number of amides is 1. The molecule has 2 heterocycles. The van der Waals surface area contributed by atoms with Crippen molar-refractivity contribution in [3.63, 3.8) is 0 Å². The van der Waals surface area contributed by atoms with Gasteiger partial charge in [-0.05, 0) is 43.3 Å². The van der Waals surface area contributed by atoms with Crippen LogP contribution >= 0.6 is 0 Å². The molecule has 1 aromatic carbocycles. The maximum Gasteiger partial charge on any atom is 0.404 e. The predicted octanol–water partition coefficient (Wildman–Crippen LogP) is 2.57. The van der Waals surface area contributed by atoms with Gasteiger partial charge in [-0.25, -0.2) is 14.3 Å². The molecule has 1 atom stereocenters. The van der Waals surface area contributed by atoms with E-state index in [1.54, 1.807) is 43.5 Å². The molecule has 24 heavy (non-hydrogen) atoms. The van der Waals surface area contributed by atoms with Crippen LogP contribution < -0.4 is 10.1 Å². The topological polar surface area (TPSA) is 88.8 Å². The second-order valence-electron chi connectivity index (χ2n) is 5.26. The zero-order valence-corrected chi connectivity index (χ0v) is 12.8. The van der Waals surface area contributed by atoms with Gasteiger partial charge in [0.15, 0.2) is 5.65 Å². The first-order valence-corrected chi connectivity index (χ1v) is 7.26. The highest BCUT2D eigenvalue weighted by molar-refractivity contribution is 5.65. The fourth-order valence-corrected chi connectivity index (χ4v) is 2.24. The first-order chi connectivity index (χ1) is 11.5. The molecule has 7 nitrogen and oxygen atoms in total. The first-order valence-electron chi connectivity index (χ1n) is 7.26. The zero-order chi connectivity index (χ0) is 17.1. The first kappa shape index (κ1) is 15.7. The Bertz CT molecular complexity index is 863. The molecule has 3 rings (SSSR count). The summed E-state index contributed by atoms with van der Waals surface area (Å²) in [4.78, 5) is 14.7. The van der Waals surface area contributed by atoms with E-state index >= 15 is 0 Å². The molecule has 0 aliphatic carbocycles. The molecule has 0 radical (unpaired) electrons. The third-order valence-corrected chi connectivity index (χ3v) is 3.35. The van der Waals surface area contributed by atoms with E-state index < -0.39 is 12.0 Å². The minimum atomic E-state index is -1.09. The van der Waals surface area contributed by atoms with Crippen LogP contribution in [0.2, 0.25) is 0 Å². The maximum atomic E-state index is 13.3. The van der Waals surface area contributed by atoms with Crippen molar-refractivity contribution in [3.05, 3.63) is 48.5 Å². The van der Waals surface area contributed by atoms with Gasteiger partial charge in [-0.2, -0.15) is 4.39 Å². The van der Waals surface area contributed by atoms with Crippen molar-refractivity contribution in [3.8, 4) is 17.0 Å². The van der Waals surface area contributed by atoms with Crippen LogP contribution in [0.1, 0.15) is 6.92 Å². The van der Waals surface area contributed by atoms with E-state index in [9.17, 15) is 9.18 Å². The van der Waals surface area contributed by atoms with Crippen LogP contribution in [0.4, 0.5) is 9.18 Å². The SMILES string of the molecule is CC(COc1ccc(-c2cnc3ccc(F)nn23)cc1)NC(=O)O. The summed E-state index contributed by atoms with van der Waals surface area (Å²) in [7, 11) is 0. The summed E-state index contributed by atoms with van der Waals surface area (Å²) < 4.78 is 20.3. The Morgan fingerprint density at radius 3 is 2.79 bits per heavy atom. The summed E-state index contributed by atoms with van der Waals surface area (Å²) in [6.07, 6.45) is 0.532. The predicted molar refractivity (Wildman–Crippen MR) is 84.5 cm³/mol. The lowest BCUT2D eigenvalue weighted by atomic mass is 10.1. The van der Waals surface area contributed by atoms with E-state index in [2.05, 4.69) is 15.4 Å². The number of nitrogens with one attached hydrogen (secondary N) is 1. The number of nitrogens with zero attached hydrogens (tertiary/aromatic N) is 3. The second kappa shape index (κ2) is 6.53. The number of fused-ring (bicyclic) bond motifs is 1. The number of hydrogen-bond acceptors (Lipinski definition) is 4. The van der Waals surface area contributed by atoms with Crippen LogP contribution in [0.15, 0.2) is 42.6 Å². The molecule has 124 valence electrons. The van der Waals surface area contributed by atoms with Gasteiger partial charge in [-0.1, -0.05) is 0 Å². The van der Waals surface area contributed by atoms with Crippen LogP contribution in [0.3, 0.4) is 0 Å². The zero-order valence-electron chi connectivity index (χ0n) is 12.8. The average molecular weight is 330 g/mol. The Balaban J connectivity index is 1.74. The summed E-state index contributed by atoms with van der Waals surface area (Å²) in [5, 5.41) is 14.7. The Labute approximate surface area is 136 Å². The molecule has 0 bridgehead atoms. The number of aromatic nitrogens is 3. The largest absolute Gasteiger partial charge is 0.491 e. The van der Waals surface area contributed by atoms with E-state index in [1.807, 2.05) is 0 Å². The van der Waals surface area contributed by atoms with Crippen molar-refractivity contribution >= 4 is 11.7 Å². The maximum absolute atomic E-state index is 13.3. The van der Waals surface area contributed by atoms with E-state index in [-0.39, 0.29) is 12.6 Å². The van der Waals surface area contributed by atoms with Gasteiger partial charge in [-0.3, -0.25) is 0 Å². The summed E-state index contributed by atoms with van der Waals surface area (Å²) in [6, 6.07) is 9.60. The third-order valence-electron chi connectivity index (χ3n) is 3.35. The molecule has 1 unspecified atom stereocenters. The molecule has 8 heteroatoms. The average Bonchev–Trinajstić information content (AvgIpc) is 2.96. The number of benzene rings is 1. The molecule has 1 amide bonds. The second-order valence-corrected chi connectivity index (χ2v) is 5.26. The van der Waals surface area contributed by atoms with Crippen molar-refractivity contribution in [2.24, 2.45) is 0 Å². The van der Waals surface area contributed by atoms with E-state index in [1.165, 1.54) is 10.6 Å². The van der Waals surface area contributed by atoms with E-state index in [0.29, 0.717) is 17.1 Å². The molecule has 3 aromatic rings. The molecule has 0 saturated carbocycles. The molecule has 0 aliphatic heterocycles. The van der Waals surface area contributed by atoms with Gasteiger partial charge in [-0.15, -0.1) is 5.10 Å². The Kier molecular flexibility index (Phi) is 4.28. The lowest BCUT2D eigenvalue weighted by Crippen LogP contribution is -2.35. The standard InChI is InChI=1S/C16H15FN4O3/c1-10(19-16(22)23)9-24-12-4-2-11(3-5-12)13-8-18-15-7-6-14(17)20-21(13)15/h2-8,10,19H,9H2,1H3,(H,22,23). The quantitative estimate of drug-likeness (QED) is 0.750. The van der Waals surface area contributed by atoms with Gasteiger partial charge in [0.05, 0.1) is 17.9 Å². The molecular weight excluding hydrogens is 315 g/mol. The monoisotopic (exact) mass is 330 g/mol. The van der Waals surface area contributed by atoms with Crippen LogP contribution in [-0.2, 0) is 0 Å². The fourth-order valence-electron chi connectivity index (χ4n) is 2.24. The molecule has 0 aliphatic rings. The van der Waals surface area contributed by atoms with E-state index in [4.69, 9.17) is 9.84 Å². The smallest absolute Gasteiger partial charge is 0.404 e. The number of rotatable bonds is 5. The fraction of sp³-hybridized carbons (Fsp3) is 0.188. The summed E-state index contributed by atoms with van der Waals surface area (Å²) in [5.41, 5.74) is 2.03. The minimum Gasteiger partial charge on any atom is -0.491 e. The van der Waals surface area contributed by atoms with Crippen LogP contribution in [-0.4, -0.2) is 38.4 Å². The number of imidazole rings is 1. The highest BCUT2D eigenvalue weighted by atomic mass is 19.1. The molecule has 0 spiro atoms. The van der Waals surface area contributed by atoms with Gasteiger partial charge in [0.1, 0.15) is 12.4 Å². The lowest BCUT2D eigenvalue weighted by Gasteiger charge is -2.13. The Morgan fingerprint density at radius 1 is 1.33 bits per heavy atom. The van der Waals surface area contributed by atoms with Gasteiger partial charge >= 0.3 is 6.09 Å². The normalized spacial score (nSPS) is 12.1. The van der Waals surface area contributed by atoms with Crippen molar-refractivity contribution in [2.75, 3.05) is 6.61 Å². The van der Waals surface area contributed by atoms with E-state index in [0.717, 1.165) is 5.56 Å². The highest BCUT2D eigenvalue weighted by Gasteiger charge is 2.09. The summed E-state index contributed by atoms with van der Waals surface area (Å²) in [6.45, 7) is 1.93. The molecule has 2 N–H and O–H groups in total. The molecular formula is C16H15FN4O3. The van der Waals surface area contributed by atoms with Crippen LogP contribution in [0.25, 0.3) is 16.9 Å². The lowest BCUT2D eigenvalue weighted by molar-refractivity contribution is 0.183. The van der Waals surface area contributed by atoms with Gasteiger partial charge in [0, 0.05) is 5.56 Å². The number of hydrogen-bond donors (Lipinski definition) is 2. The van der Waals surface area contributed by atoms with Crippen molar-refractivity contribution in [1.82, 2.24) is 19.9 Å². The Morgan fingerprint density at radius 2 is 2.08 bits per heavy atom. The number of carbonyl (C=O) groups is 1. The van der Waals surface area contributed by atoms with Crippen LogP contribution in [0, 0.1) is 5.95 Å². The minimum absolute atomic E-state index is 0.216. The number of ether oxygens (including phenoxy) is 1. The third kappa shape index (κ3) is 3.43. The molecule has 0 saturated heterocycles. The van der Waals surface area contributed by atoms with Gasteiger partial charge in [0.2, 0.25) is 5.95 Å². The Hall–Kier alpha value is -3.16. The molecule has 0 fully saturated rings. The van der Waals surface area contributed by atoms with Crippen molar-refractivity contribution in [2.45, 2.75) is 13.0 Å². The van der Waals surface area contributed by atoms with Crippen molar-refractivity contribution in [1.29, 1.82) is 0 Å². The summed E-state index contributed by atoms with van der Waals surface area (Å²) >= 11 is 0. The number of carboxylic acid groups (broad SMARTS) is 1. The van der Waals surface area contributed by atoms with Crippen LogP contribution in [0.5, 0.6) is 5.75 Å².